The van der Waals surface area contributed by atoms with E-state index in [-0.39, 0.29) is 11.5 Å². The van der Waals surface area contributed by atoms with E-state index in [1.54, 1.807) is 0 Å². The molecule has 1 N–H and O–H groups in total. The van der Waals surface area contributed by atoms with Crippen LogP contribution in [-0.4, -0.2) is 58.9 Å². The minimum absolute atomic E-state index is 0.208. The van der Waals surface area contributed by atoms with E-state index >= 15 is 0 Å². The van der Waals surface area contributed by atoms with Crippen molar-refractivity contribution >= 4 is 16.9 Å². The Labute approximate surface area is 182 Å². The second kappa shape index (κ2) is 9.08. The summed E-state index contributed by atoms with van der Waals surface area (Å²) in [4.78, 5) is 26.5. The SMILES string of the molecule is Cc1nc2cc(F)cc(C(=O)NCc3cccc(CN4CCN(C)CC4)c3)c2nc1C. The molecule has 0 unspecified atom stereocenters. The lowest BCUT2D eigenvalue weighted by Crippen LogP contribution is -2.43. The van der Waals surface area contributed by atoms with Gasteiger partial charge in [0.05, 0.1) is 22.5 Å². The third kappa shape index (κ3) is 5.06. The quantitative estimate of drug-likeness (QED) is 0.686. The Balaban J connectivity index is 1.46. The minimum atomic E-state index is -0.496. The van der Waals surface area contributed by atoms with Gasteiger partial charge in [0, 0.05) is 45.3 Å². The molecule has 1 aromatic heterocycles. The molecule has 31 heavy (non-hydrogen) atoms. The zero-order valence-electron chi connectivity index (χ0n) is 18.3. The van der Waals surface area contributed by atoms with E-state index in [0.29, 0.717) is 17.6 Å². The number of fused-ring (bicyclic) bond motifs is 1. The fraction of sp³-hybridized carbons (Fsp3) is 0.375. The molecule has 7 heteroatoms. The number of carbonyl (C=O) groups is 1. The maximum absolute atomic E-state index is 14.1. The molecule has 1 fully saturated rings. The van der Waals surface area contributed by atoms with Crippen LogP contribution in [0.5, 0.6) is 0 Å². The Bertz CT molecular complexity index is 1110. The summed E-state index contributed by atoms with van der Waals surface area (Å²) in [6, 6.07) is 10.8. The maximum Gasteiger partial charge on any atom is 0.253 e. The molecule has 0 spiro atoms. The van der Waals surface area contributed by atoms with E-state index in [9.17, 15) is 9.18 Å². The van der Waals surface area contributed by atoms with Gasteiger partial charge in [-0.2, -0.15) is 0 Å². The highest BCUT2D eigenvalue weighted by atomic mass is 19.1. The molecule has 1 amide bonds. The van der Waals surface area contributed by atoms with Crippen molar-refractivity contribution in [1.82, 2.24) is 25.1 Å². The molecule has 0 radical (unpaired) electrons. The minimum Gasteiger partial charge on any atom is -0.348 e. The van der Waals surface area contributed by atoms with Crippen molar-refractivity contribution in [2.45, 2.75) is 26.9 Å². The molecule has 4 rings (SSSR count). The number of piperazine rings is 1. The summed E-state index contributed by atoms with van der Waals surface area (Å²) in [6.45, 7) is 9.21. The standard InChI is InChI=1S/C24H28FN5O/c1-16-17(2)28-23-21(12-20(25)13-22(23)27-16)24(31)26-14-18-5-4-6-19(11-18)15-30-9-7-29(3)8-10-30/h4-6,11-13H,7-10,14-15H2,1-3H3,(H,26,31). The Morgan fingerprint density at radius 2 is 1.74 bits per heavy atom. The van der Waals surface area contributed by atoms with Gasteiger partial charge in [0.2, 0.25) is 0 Å². The smallest absolute Gasteiger partial charge is 0.253 e. The van der Waals surface area contributed by atoms with E-state index in [2.05, 4.69) is 44.3 Å². The van der Waals surface area contributed by atoms with Crippen molar-refractivity contribution in [1.29, 1.82) is 0 Å². The number of nitrogens with zero attached hydrogens (tertiary/aromatic N) is 4. The van der Waals surface area contributed by atoms with E-state index in [0.717, 1.165) is 49.7 Å². The van der Waals surface area contributed by atoms with Crippen LogP contribution in [0.15, 0.2) is 36.4 Å². The fourth-order valence-electron chi connectivity index (χ4n) is 3.85. The Hall–Kier alpha value is -2.90. The molecular weight excluding hydrogens is 393 g/mol. The number of rotatable bonds is 5. The van der Waals surface area contributed by atoms with E-state index in [4.69, 9.17) is 0 Å². The predicted octanol–water partition coefficient (Wildman–Crippen LogP) is 3.06. The molecule has 3 aromatic rings. The topological polar surface area (TPSA) is 61.4 Å². The fourth-order valence-corrected chi connectivity index (χ4v) is 3.85. The molecule has 1 aliphatic rings. The average molecular weight is 422 g/mol. The highest BCUT2D eigenvalue weighted by molar-refractivity contribution is 6.04. The molecular formula is C24H28FN5O. The van der Waals surface area contributed by atoms with Crippen molar-refractivity contribution in [3.63, 3.8) is 0 Å². The van der Waals surface area contributed by atoms with Gasteiger partial charge < -0.3 is 10.2 Å². The summed E-state index contributed by atoms with van der Waals surface area (Å²) in [5.41, 5.74) is 4.71. The Kier molecular flexibility index (Phi) is 6.25. The summed E-state index contributed by atoms with van der Waals surface area (Å²) in [7, 11) is 2.15. The van der Waals surface area contributed by atoms with Gasteiger partial charge in [-0.1, -0.05) is 24.3 Å². The number of benzene rings is 2. The van der Waals surface area contributed by atoms with E-state index < -0.39 is 5.82 Å². The van der Waals surface area contributed by atoms with Crippen molar-refractivity contribution in [3.05, 3.63) is 70.3 Å². The van der Waals surface area contributed by atoms with Crippen molar-refractivity contribution < 1.29 is 9.18 Å². The van der Waals surface area contributed by atoms with Gasteiger partial charge in [-0.15, -0.1) is 0 Å². The molecule has 162 valence electrons. The first-order chi connectivity index (χ1) is 14.9. The number of aromatic nitrogens is 2. The summed E-state index contributed by atoms with van der Waals surface area (Å²) < 4.78 is 14.1. The van der Waals surface area contributed by atoms with Crippen LogP contribution in [0.2, 0.25) is 0 Å². The number of hydrogen-bond donors (Lipinski definition) is 1. The van der Waals surface area contributed by atoms with Crippen molar-refractivity contribution in [2.24, 2.45) is 0 Å². The monoisotopic (exact) mass is 421 g/mol. The van der Waals surface area contributed by atoms with Crippen LogP contribution >= 0.6 is 0 Å². The van der Waals surface area contributed by atoms with Gasteiger partial charge in [-0.05, 0) is 38.1 Å². The number of aryl methyl sites for hydroxylation is 2. The van der Waals surface area contributed by atoms with E-state index in [1.807, 2.05) is 26.0 Å². The number of carbonyl (C=O) groups excluding carboxylic acids is 1. The number of likely N-dealkylation sites (N-methyl/N-ethyl adjacent to an activating group) is 1. The maximum atomic E-state index is 14.1. The van der Waals surface area contributed by atoms with Crippen LogP contribution < -0.4 is 5.32 Å². The van der Waals surface area contributed by atoms with Crippen LogP contribution in [0.25, 0.3) is 11.0 Å². The van der Waals surface area contributed by atoms with E-state index in [1.165, 1.54) is 17.7 Å². The average Bonchev–Trinajstić information content (AvgIpc) is 2.74. The largest absolute Gasteiger partial charge is 0.348 e. The normalized spacial score (nSPS) is 15.4. The zero-order chi connectivity index (χ0) is 22.0. The van der Waals surface area contributed by atoms with Gasteiger partial charge in [0.15, 0.2) is 0 Å². The number of amides is 1. The zero-order valence-corrected chi connectivity index (χ0v) is 18.3. The number of hydrogen-bond acceptors (Lipinski definition) is 5. The third-order valence-corrected chi connectivity index (χ3v) is 5.84. The highest BCUT2D eigenvalue weighted by Crippen LogP contribution is 2.19. The van der Waals surface area contributed by atoms with Crippen LogP contribution in [0.1, 0.15) is 32.9 Å². The summed E-state index contributed by atoms with van der Waals surface area (Å²) in [5, 5.41) is 2.91. The van der Waals surface area contributed by atoms with Gasteiger partial charge in [-0.3, -0.25) is 9.69 Å². The second-order valence-corrected chi connectivity index (χ2v) is 8.30. The van der Waals surface area contributed by atoms with Gasteiger partial charge >= 0.3 is 0 Å². The molecule has 1 aliphatic heterocycles. The molecule has 0 bridgehead atoms. The van der Waals surface area contributed by atoms with Gasteiger partial charge in [0.1, 0.15) is 11.3 Å². The van der Waals surface area contributed by atoms with Crippen molar-refractivity contribution in [3.8, 4) is 0 Å². The molecule has 2 aromatic carbocycles. The summed E-state index contributed by atoms with van der Waals surface area (Å²) >= 11 is 0. The first kappa shape index (κ1) is 21.3. The van der Waals surface area contributed by atoms with Crippen LogP contribution in [-0.2, 0) is 13.1 Å². The predicted molar refractivity (Wildman–Crippen MR) is 119 cm³/mol. The summed E-state index contributed by atoms with van der Waals surface area (Å²) in [6.07, 6.45) is 0. The number of halogens is 1. The number of nitrogens with one attached hydrogen (secondary N) is 1. The first-order valence-electron chi connectivity index (χ1n) is 10.6. The lowest BCUT2D eigenvalue weighted by atomic mass is 10.1. The highest BCUT2D eigenvalue weighted by Gasteiger charge is 2.16. The lowest BCUT2D eigenvalue weighted by Gasteiger charge is -2.32. The lowest BCUT2D eigenvalue weighted by molar-refractivity contribution is 0.0952. The Morgan fingerprint density at radius 1 is 1.03 bits per heavy atom. The molecule has 0 atom stereocenters. The van der Waals surface area contributed by atoms with Gasteiger partial charge in [-0.25, -0.2) is 14.4 Å². The van der Waals surface area contributed by atoms with Crippen molar-refractivity contribution in [2.75, 3.05) is 33.2 Å². The van der Waals surface area contributed by atoms with Crippen LogP contribution in [0, 0.1) is 19.7 Å². The molecule has 0 aliphatic carbocycles. The third-order valence-electron chi connectivity index (χ3n) is 5.84. The van der Waals surface area contributed by atoms with Gasteiger partial charge in [0.25, 0.3) is 5.91 Å². The molecule has 6 nitrogen and oxygen atoms in total. The molecule has 2 heterocycles. The first-order valence-corrected chi connectivity index (χ1v) is 10.6. The summed E-state index contributed by atoms with van der Waals surface area (Å²) in [5.74, 6) is -0.851. The molecule has 0 saturated carbocycles. The Morgan fingerprint density at radius 3 is 2.52 bits per heavy atom. The second-order valence-electron chi connectivity index (χ2n) is 8.30. The van der Waals surface area contributed by atoms with Crippen LogP contribution in [0.4, 0.5) is 4.39 Å². The van der Waals surface area contributed by atoms with Crippen LogP contribution in [0.3, 0.4) is 0 Å². The molecule has 1 saturated heterocycles.